The summed E-state index contributed by atoms with van der Waals surface area (Å²) in [4.78, 5) is 0. The summed E-state index contributed by atoms with van der Waals surface area (Å²) in [7, 11) is 1.69. The lowest BCUT2D eigenvalue weighted by molar-refractivity contribution is 0.00980. The minimum atomic E-state index is -0.648. The second-order valence-electron chi connectivity index (χ2n) is 6.75. The van der Waals surface area contributed by atoms with Crippen LogP contribution in [0.5, 0.6) is 5.75 Å². The summed E-state index contributed by atoms with van der Waals surface area (Å²) >= 11 is 0. The van der Waals surface area contributed by atoms with Gasteiger partial charge in [-0.15, -0.1) is 0 Å². The van der Waals surface area contributed by atoms with Crippen molar-refractivity contribution in [1.82, 2.24) is 0 Å². The molecular weight excluding hydrogens is 264 g/mol. The minimum Gasteiger partial charge on any atom is -0.496 e. The molecule has 0 spiro atoms. The average Bonchev–Trinajstić information content (AvgIpc) is 2.43. The molecule has 3 heteroatoms. The number of hydrogen-bond donors (Lipinski definition) is 2. The third kappa shape index (κ3) is 5.33. The van der Waals surface area contributed by atoms with Crippen molar-refractivity contribution < 1.29 is 14.9 Å². The first-order chi connectivity index (χ1) is 9.79. The maximum Gasteiger partial charge on any atom is 0.122 e. The van der Waals surface area contributed by atoms with Crippen molar-refractivity contribution in [3.05, 3.63) is 29.3 Å². The molecule has 0 fully saturated rings. The van der Waals surface area contributed by atoms with Gasteiger partial charge in [-0.1, -0.05) is 46.2 Å². The lowest BCUT2D eigenvalue weighted by Gasteiger charge is -2.23. The number of rotatable bonds is 7. The van der Waals surface area contributed by atoms with E-state index in [-0.39, 0.29) is 5.41 Å². The van der Waals surface area contributed by atoms with Gasteiger partial charge in [0.15, 0.2) is 0 Å². The first kappa shape index (κ1) is 18.0. The Bertz CT molecular complexity index is 435. The Morgan fingerprint density at radius 1 is 1.10 bits per heavy atom. The number of ether oxygens (including phenoxy) is 1. The molecule has 120 valence electrons. The Kier molecular flexibility index (Phi) is 6.69. The maximum absolute atomic E-state index is 9.97. The molecule has 0 aliphatic heterocycles. The zero-order valence-corrected chi connectivity index (χ0v) is 14.0. The zero-order chi connectivity index (χ0) is 16.0. The molecule has 3 nitrogen and oxygen atoms in total. The Morgan fingerprint density at radius 2 is 1.71 bits per heavy atom. The second kappa shape index (κ2) is 7.81. The molecule has 0 aliphatic carbocycles. The Morgan fingerprint density at radius 3 is 2.24 bits per heavy atom. The van der Waals surface area contributed by atoms with Crippen molar-refractivity contribution in [3.63, 3.8) is 0 Å². The molecule has 2 atom stereocenters. The van der Waals surface area contributed by atoms with Crippen molar-refractivity contribution in [1.29, 1.82) is 0 Å². The van der Waals surface area contributed by atoms with Crippen LogP contribution in [0.1, 0.15) is 58.1 Å². The van der Waals surface area contributed by atoms with E-state index in [1.54, 1.807) is 7.11 Å². The number of aliphatic hydroxyl groups is 2. The van der Waals surface area contributed by atoms with Gasteiger partial charge in [-0.05, 0) is 41.9 Å². The normalized spacial score (nSPS) is 14.8. The van der Waals surface area contributed by atoms with Gasteiger partial charge in [0.25, 0.3) is 0 Å². The number of aryl methyl sites for hydroxylation is 1. The Hall–Kier alpha value is -1.06. The minimum absolute atomic E-state index is 0.0156. The van der Waals surface area contributed by atoms with Crippen LogP contribution in [0.4, 0.5) is 0 Å². The third-order valence-electron chi connectivity index (χ3n) is 3.83. The highest BCUT2D eigenvalue weighted by molar-refractivity contribution is 5.41. The molecule has 2 N–H and O–H groups in total. The summed E-state index contributed by atoms with van der Waals surface area (Å²) in [5.74, 6) is 0.901. The van der Waals surface area contributed by atoms with E-state index in [1.165, 1.54) is 11.1 Å². The fourth-order valence-corrected chi connectivity index (χ4v) is 2.49. The summed E-state index contributed by atoms with van der Waals surface area (Å²) in [6, 6.07) is 6.18. The van der Waals surface area contributed by atoms with Crippen LogP contribution in [-0.2, 0) is 11.8 Å². The van der Waals surface area contributed by atoms with Gasteiger partial charge in [-0.2, -0.15) is 0 Å². The van der Waals surface area contributed by atoms with E-state index < -0.39 is 12.2 Å². The molecule has 21 heavy (non-hydrogen) atoms. The first-order valence-electron chi connectivity index (χ1n) is 7.83. The van der Waals surface area contributed by atoms with Crippen molar-refractivity contribution in [3.8, 4) is 5.75 Å². The van der Waals surface area contributed by atoms with E-state index in [2.05, 4.69) is 26.8 Å². The van der Waals surface area contributed by atoms with Gasteiger partial charge in [-0.3, -0.25) is 0 Å². The molecule has 1 aromatic rings. The van der Waals surface area contributed by atoms with Gasteiger partial charge in [-0.25, -0.2) is 0 Å². The predicted octanol–water partition coefficient (Wildman–Crippen LogP) is 3.45. The van der Waals surface area contributed by atoms with Crippen LogP contribution in [0.15, 0.2) is 18.2 Å². The van der Waals surface area contributed by atoms with Crippen LogP contribution in [0.2, 0.25) is 0 Å². The van der Waals surface area contributed by atoms with Crippen LogP contribution in [0.25, 0.3) is 0 Å². The molecule has 0 aromatic heterocycles. The maximum atomic E-state index is 9.97. The Balaban J connectivity index is 2.77. The summed E-state index contributed by atoms with van der Waals surface area (Å²) in [5.41, 5.74) is 2.36. The predicted molar refractivity (Wildman–Crippen MR) is 86.9 cm³/mol. The van der Waals surface area contributed by atoms with E-state index in [0.29, 0.717) is 12.8 Å². The van der Waals surface area contributed by atoms with Crippen LogP contribution in [0, 0.1) is 0 Å². The van der Waals surface area contributed by atoms with Gasteiger partial charge in [0.1, 0.15) is 5.75 Å². The molecule has 0 saturated carbocycles. The molecular formula is C18H30O3. The van der Waals surface area contributed by atoms with Crippen molar-refractivity contribution >= 4 is 0 Å². The highest BCUT2D eigenvalue weighted by atomic mass is 16.5. The van der Waals surface area contributed by atoms with Crippen molar-refractivity contribution in [2.75, 3.05) is 7.11 Å². The molecule has 0 bridgehead atoms. The molecule has 1 rings (SSSR count). The lowest BCUT2D eigenvalue weighted by atomic mass is 9.84. The molecule has 0 saturated heterocycles. The van der Waals surface area contributed by atoms with E-state index in [4.69, 9.17) is 4.74 Å². The number of methoxy groups -OCH3 is 1. The smallest absolute Gasteiger partial charge is 0.122 e. The molecule has 0 aliphatic rings. The summed E-state index contributed by atoms with van der Waals surface area (Å²) in [5, 5.41) is 19.8. The Labute approximate surface area is 129 Å². The van der Waals surface area contributed by atoms with E-state index in [1.807, 2.05) is 19.1 Å². The quantitative estimate of drug-likeness (QED) is 0.810. The SMILES string of the molecule is CCCC(O)C(O)CCc1ccc(OC)c(C(C)(C)C)c1. The molecule has 0 amide bonds. The summed E-state index contributed by atoms with van der Waals surface area (Å²) in [6.07, 6.45) is 1.61. The average molecular weight is 294 g/mol. The summed E-state index contributed by atoms with van der Waals surface area (Å²) in [6.45, 7) is 8.49. The highest BCUT2D eigenvalue weighted by Gasteiger charge is 2.20. The second-order valence-corrected chi connectivity index (χ2v) is 6.75. The van der Waals surface area contributed by atoms with Crippen LogP contribution in [-0.4, -0.2) is 29.5 Å². The largest absolute Gasteiger partial charge is 0.496 e. The highest BCUT2D eigenvalue weighted by Crippen LogP contribution is 2.32. The van der Waals surface area contributed by atoms with Gasteiger partial charge in [0, 0.05) is 0 Å². The topological polar surface area (TPSA) is 49.7 Å². The molecule has 0 heterocycles. The summed E-state index contributed by atoms with van der Waals surface area (Å²) < 4.78 is 5.43. The molecule has 2 unspecified atom stereocenters. The van der Waals surface area contributed by atoms with Crippen molar-refractivity contribution in [2.24, 2.45) is 0 Å². The van der Waals surface area contributed by atoms with Gasteiger partial charge < -0.3 is 14.9 Å². The van der Waals surface area contributed by atoms with Crippen molar-refractivity contribution in [2.45, 2.75) is 71.0 Å². The fraction of sp³-hybridized carbons (Fsp3) is 0.667. The number of aliphatic hydroxyl groups excluding tert-OH is 2. The molecule has 1 aromatic carbocycles. The van der Waals surface area contributed by atoms with Crippen LogP contribution in [0.3, 0.4) is 0 Å². The van der Waals surface area contributed by atoms with E-state index in [9.17, 15) is 10.2 Å². The monoisotopic (exact) mass is 294 g/mol. The zero-order valence-electron chi connectivity index (χ0n) is 14.0. The third-order valence-corrected chi connectivity index (χ3v) is 3.83. The van der Waals surface area contributed by atoms with E-state index >= 15 is 0 Å². The fourth-order valence-electron chi connectivity index (χ4n) is 2.49. The number of hydrogen-bond acceptors (Lipinski definition) is 3. The lowest BCUT2D eigenvalue weighted by Crippen LogP contribution is -2.26. The van der Waals surface area contributed by atoms with Gasteiger partial charge >= 0.3 is 0 Å². The number of benzene rings is 1. The van der Waals surface area contributed by atoms with Gasteiger partial charge in [0.05, 0.1) is 19.3 Å². The standard InChI is InChI=1S/C18H30O3/c1-6-7-15(19)16(20)10-8-13-9-11-17(21-5)14(12-13)18(2,3)4/h9,11-12,15-16,19-20H,6-8,10H2,1-5H3. The van der Waals surface area contributed by atoms with Crippen LogP contribution < -0.4 is 4.74 Å². The first-order valence-corrected chi connectivity index (χ1v) is 7.83. The van der Waals surface area contributed by atoms with Gasteiger partial charge in [0.2, 0.25) is 0 Å². The molecule has 0 radical (unpaired) electrons. The van der Waals surface area contributed by atoms with E-state index in [0.717, 1.165) is 18.6 Å². The van der Waals surface area contributed by atoms with Crippen LogP contribution >= 0.6 is 0 Å².